The number of aryl methyl sites for hydroxylation is 1. The molecule has 2 rings (SSSR count). The predicted octanol–water partition coefficient (Wildman–Crippen LogP) is 2.60. The molecule has 2 aromatic carbocycles. The summed E-state index contributed by atoms with van der Waals surface area (Å²) < 4.78 is 24.9. The van der Waals surface area contributed by atoms with Crippen LogP contribution in [0.1, 0.15) is 16.7 Å². The molecule has 1 N–H and O–H groups in total. The van der Waals surface area contributed by atoms with Gasteiger partial charge in [0.2, 0.25) is 0 Å². The van der Waals surface area contributed by atoms with Crippen molar-refractivity contribution in [2.45, 2.75) is 24.0 Å². The zero-order valence-corrected chi connectivity index (χ0v) is 12.4. The van der Waals surface area contributed by atoms with E-state index >= 15 is 0 Å². The Morgan fingerprint density at radius 3 is 2.33 bits per heavy atom. The van der Waals surface area contributed by atoms with E-state index in [1.807, 2.05) is 13.0 Å². The average molecular weight is 304 g/mol. The van der Waals surface area contributed by atoms with Crippen LogP contribution in [0, 0.1) is 6.92 Å². The van der Waals surface area contributed by atoms with E-state index in [0.717, 1.165) is 5.56 Å². The van der Waals surface area contributed by atoms with Crippen LogP contribution in [0.15, 0.2) is 53.4 Å². The third-order valence-electron chi connectivity index (χ3n) is 3.15. The summed E-state index contributed by atoms with van der Waals surface area (Å²) in [6.07, 6.45) is -0.181. The fourth-order valence-corrected chi connectivity index (χ4v) is 3.64. The first-order chi connectivity index (χ1) is 9.88. The summed E-state index contributed by atoms with van der Waals surface area (Å²) in [5, 5.41) is 8.89. The Morgan fingerprint density at radius 2 is 1.71 bits per heavy atom. The molecule has 0 bridgehead atoms. The van der Waals surface area contributed by atoms with Gasteiger partial charge < -0.3 is 5.11 Å². The molecule has 0 saturated heterocycles. The van der Waals surface area contributed by atoms with Crippen molar-refractivity contribution in [3.05, 3.63) is 65.2 Å². The topological polar surface area (TPSA) is 71.4 Å². The molecule has 0 saturated carbocycles. The SMILES string of the molecule is Cc1cccc(S(=O)(=O)Cc2ccccc2CC(=O)O)c1. The molecule has 0 heterocycles. The molecule has 0 amide bonds. The van der Waals surface area contributed by atoms with Gasteiger partial charge in [0.25, 0.3) is 0 Å². The lowest BCUT2D eigenvalue weighted by Crippen LogP contribution is -2.09. The van der Waals surface area contributed by atoms with Crippen molar-refractivity contribution in [3.63, 3.8) is 0 Å². The van der Waals surface area contributed by atoms with E-state index in [4.69, 9.17) is 5.11 Å². The second-order valence-electron chi connectivity index (χ2n) is 4.91. The molecular weight excluding hydrogens is 288 g/mol. The molecule has 0 aromatic heterocycles. The van der Waals surface area contributed by atoms with E-state index in [1.165, 1.54) is 0 Å². The van der Waals surface area contributed by atoms with Gasteiger partial charge in [0, 0.05) is 0 Å². The molecule has 0 unspecified atom stereocenters. The minimum absolute atomic E-state index is 0.181. The summed E-state index contributed by atoms with van der Waals surface area (Å²) in [5.74, 6) is -1.17. The molecule has 0 atom stereocenters. The lowest BCUT2D eigenvalue weighted by molar-refractivity contribution is -0.136. The highest BCUT2D eigenvalue weighted by molar-refractivity contribution is 7.90. The van der Waals surface area contributed by atoms with Crippen LogP contribution in [0.4, 0.5) is 0 Å². The van der Waals surface area contributed by atoms with Crippen molar-refractivity contribution in [2.75, 3.05) is 0 Å². The number of sulfone groups is 1. The molecule has 21 heavy (non-hydrogen) atoms. The van der Waals surface area contributed by atoms with Crippen LogP contribution in [0.3, 0.4) is 0 Å². The number of carboxylic acids is 1. The number of hydrogen-bond acceptors (Lipinski definition) is 3. The van der Waals surface area contributed by atoms with Gasteiger partial charge in [-0.2, -0.15) is 0 Å². The van der Waals surface area contributed by atoms with E-state index in [2.05, 4.69) is 0 Å². The molecule has 2 aromatic rings. The number of carbonyl (C=O) groups is 1. The molecule has 0 fully saturated rings. The molecule has 0 aliphatic rings. The third kappa shape index (κ3) is 3.92. The number of aliphatic carboxylic acids is 1. The fourth-order valence-electron chi connectivity index (χ4n) is 2.13. The van der Waals surface area contributed by atoms with Gasteiger partial charge in [-0.1, -0.05) is 36.4 Å². The van der Waals surface area contributed by atoms with Gasteiger partial charge in [-0.3, -0.25) is 4.79 Å². The van der Waals surface area contributed by atoms with E-state index in [9.17, 15) is 13.2 Å². The lowest BCUT2D eigenvalue weighted by atomic mass is 10.1. The van der Waals surface area contributed by atoms with Crippen LogP contribution in [0.25, 0.3) is 0 Å². The summed E-state index contributed by atoms with van der Waals surface area (Å²) in [6.45, 7) is 1.83. The Bertz CT molecular complexity index is 763. The van der Waals surface area contributed by atoms with Crippen LogP contribution in [0.2, 0.25) is 0 Å². The minimum Gasteiger partial charge on any atom is -0.481 e. The second kappa shape index (κ2) is 6.10. The van der Waals surface area contributed by atoms with Crippen molar-refractivity contribution in [3.8, 4) is 0 Å². The highest BCUT2D eigenvalue weighted by atomic mass is 32.2. The van der Waals surface area contributed by atoms with E-state index in [1.54, 1.807) is 42.5 Å². The predicted molar refractivity (Wildman–Crippen MR) is 79.9 cm³/mol. The maximum atomic E-state index is 12.4. The van der Waals surface area contributed by atoms with Gasteiger partial charge in [0.05, 0.1) is 17.1 Å². The first kappa shape index (κ1) is 15.3. The van der Waals surface area contributed by atoms with Crippen LogP contribution < -0.4 is 0 Å². The smallest absolute Gasteiger partial charge is 0.307 e. The second-order valence-corrected chi connectivity index (χ2v) is 6.90. The van der Waals surface area contributed by atoms with Gasteiger partial charge >= 0.3 is 5.97 Å². The monoisotopic (exact) mass is 304 g/mol. The Balaban J connectivity index is 2.35. The zero-order valence-electron chi connectivity index (χ0n) is 11.6. The summed E-state index contributed by atoms with van der Waals surface area (Å²) in [6, 6.07) is 13.4. The lowest BCUT2D eigenvalue weighted by Gasteiger charge is -2.09. The van der Waals surface area contributed by atoms with E-state index in [-0.39, 0.29) is 17.1 Å². The highest BCUT2D eigenvalue weighted by Gasteiger charge is 2.18. The van der Waals surface area contributed by atoms with Gasteiger partial charge in [-0.15, -0.1) is 0 Å². The average Bonchev–Trinajstić information content (AvgIpc) is 2.40. The fraction of sp³-hybridized carbons (Fsp3) is 0.188. The van der Waals surface area contributed by atoms with Gasteiger partial charge in [-0.05, 0) is 35.7 Å². The Morgan fingerprint density at radius 1 is 1.05 bits per heavy atom. The van der Waals surface area contributed by atoms with Crippen molar-refractivity contribution >= 4 is 15.8 Å². The zero-order chi connectivity index (χ0) is 15.5. The summed E-state index contributed by atoms with van der Waals surface area (Å²) in [5.41, 5.74) is 1.93. The number of carboxylic acid groups (broad SMARTS) is 1. The molecule has 5 heteroatoms. The van der Waals surface area contributed by atoms with Gasteiger partial charge in [-0.25, -0.2) is 8.42 Å². The number of benzene rings is 2. The summed E-state index contributed by atoms with van der Waals surface area (Å²) >= 11 is 0. The molecule has 110 valence electrons. The molecular formula is C16H16O4S. The van der Waals surface area contributed by atoms with Crippen LogP contribution in [-0.4, -0.2) is 19.5 Å². The van der Waals surface area contributed by atoms with Crippen LogP contribution >= 0.6 is 0 Å². The Hall–Kier alpha value is -2.14. The van der Waals surface area contributed by atoms with Crippen molar-refractivity contribution in [2.24, 2.45) is 0 Å². The van der Waals surface area contributed by atoms with E-state index < -0.39 is 15.8 Å². The van der Waals surface area contributed by atoms with Crippen LogP contribution in [-0.2, 0) is 26.8 Å². The largest absolute Gasteiger partial charge is 0.481 e. The molecule has 0 radical (unpaired) electrons. The Kier molecular flexibility index (Phi) is 4.43. The first-order valence-electron chi connectivity index (χ1n) is 6.46. The normalized spacial score (nSPS) is 11.3. The highest BCUT2D eigenvalue weighted by Crippen LogP contribution is 2.20. The molecule has 0 aliphatic heterocycles. The van der Waals surface area contributed by atoms with Crippen molar-refractivity contribution in [1.29, 1.82) is 0 Å². The maximum Gasteiger partial charge on any atom is 0.307 e. The minimum atomic E-state index is -3.49. The van der Waals surface area contributed by atoms with Gasteiger partial charge in [0.1, 0.15) is 0 Å². The van der Waals surface area contributed by atoms with E-state index in [0.29, 0.717) is 11.1 Å². The maximum absolute atomic E-state index is 12.4. The molecule has 0 spiro atoms. The van der Waals surface area contributed by atoms with Crippen LogP contribution in [0.5, 0.6) is 0 Å². The molecule has 4 nitrogen and oxygen atoms in total. The molecule has 0 aliphatic carbocycles. The summed E-state index contributed by atoms with van der Waals surface area (Å²) in [7, 11) is -3.49. The Labute approximate surface area is 124 Å². The first-order valence-corrected chi connectivity index (χ1v) is 8.12. The van der Waals surface area contributed by atoms with Crippen molar-refractivity contribution in [1.82, 2.24) is 0 Å². The number of rotatable bonds is 5. The van der Waals surface area contributed by atoms with Gasteiger partial charge in [0.15, 0.2) is 9.84 Å². The quantitative estimate of drug-likeness (QED) is 0.921. The standard InChI is InChI=1S/C16H16O4S/c1-12-5-4-8-15(9-12)21(19,20)11-14-7-3-2-6-13(14)10-16(17)18/h2-9H,10-11H2,1H3,(H,17,18). The number of hydrogen-bond donors (Lipinski definition) is 1. The van der Waals surface area contributed by atoms with Crippen molar-refractivity contribution < 1.29 is 18.3 Å². The summed E-state index contributed by atoms with van der Waals surface area (Å²) in [4.78, 5) is 11.1. The third-order valence-corrected chi connectivity index (χ3v) is 4.82.